The van der Waals surface area contributed by atoms with Crippen LogP contribution in [-0.4, -0.2) is 37.6 Å². The molecule has 0 unspecified atom stereocenters. The van der Waals surface area contributed by atoms with Crippen LogP contribution in [0.1, 0.15) is 19.8 Å². The van der Waals surface area contributed by atoms with Crippen LogP contribution in [-0.2, 0) is 0 Å². The molecule has 0 radical (unpaired) electrons. The van der Waals surface area contributed by atoms with Gasteiger partial charge in [-0.3, -0.25) is 0 Å². The van der Waals surface area contributed by atoms with Crippen molar-refractivity contribution in [2.45, 2.75) is 25.8 Å². The summed E-state index contributed by atoms with van der Waals surface area (Å²) in [7, 11) is 2.20. The maximum absolute atomic E-state index is 3.47. The highest BCUT2D eigenvalue weighted by Gasteiger charge is 2.14. The van der Waals surface area contributed by atoms with E-state index in [1.165, 1.54) is 25.9 Å². The van der Waals surface area contributed by atoms with Crippen LogP contribution in [0.4, 0.5) is 0 Å². The van der Waals surface area contributed by atoms with Crippen LogP contribution < -0.4 is 5.32 Å². The van der Waals surface area contributed by atoms with Crippen LogP contribution in [0.15, 0.2) is 0 Å². The highest BCUT2D eigenvalue weighted by Crippen LogP contribution is 2.06. The molecule has 1 heterocycles. The standard InChI is InChI=1S/C8H18N2/c1-3-9-8-5-4-6-10(2)7-8/h8-9H,3-7H2,1-2H3/t8-/m1/s1. The summed E-state index contributed by atoms with van der Waals surface area (Å²) in [5.74, 6) is 0. The number of hydrogen-bond acceptors (Lipinski definition) is 2. The van der Waals surface area contributed by atoms with E-state index in [0.717, 1.165) is 12.6 Å². The lowest BCUT2D eigenvalue weighted by Gasteiger charge is -2.29. The fourth-order valence-corrected chi connectivity index (χ4v) is 1.62. The normalized spacial score (nSPS) is 28.8. The van der Waals surface area contributed by atoms with Gasteiger partial charge in [-0.05, 0) is 33.0 Å². The lowest BCUT2D eigenvalue weighted by atomic mass is 10.1. The second kappa shape index (κ2) is 3.94. The predicted molar refractivity (Wildman–Crippen MR) is 44.2 cm³/mol. The molecule has 1 aliphatic rings. The lowest BCUT2D eigenvalue weighted by molar-refractivity contribution is 0.229. The van der Waals surface area contributed by atoms with Gasteiger partial charge in [-0.15, -0.1) is 0 Å². The van der Waals surface area contributed by atoms with Crippen molar-refractivity contribution in [1.29, 1.82) is 0 Å². The summed E-state index contributed by atoms with van der Waals surface area (Å²) in [5.41, 5.74) is 0. The topological polar surface area (TPSA) is 15.3 Å². The number of hydrogen-bond donors (Lipinski definition) is 1. The van der Waals surface area contributed by atoms with Crippen LogP contribution in [0.3, 0.4) is 0 Å². The largest absolute Gasteiger partial charge is 0.313 e. The molecule has 0 bridgehead atoms. The van der Waals surface area contributed by atoms with Gasteiger partial charge in [-0.1, -0.05) is 6.92 Å². The molecule has 1 saturated heterocycles. The lowest BCUT2D eigenvalue weighted by Crippen LogP contribution is -2.43. The molecule has 1 rings (SSSR count). The molecular weight excluding hydrogens is 124 g/mol. The van der Waals surface area contributed by atoms with E-state index in [1.807, 2.05) is 0 Å². The van der Waals surface area contributed by atoms with Crippen molar-refractivity contribution in [2.24, 2.45) is 0 Å². The summed E-state index contributed by atoms with van der Waals surface area (Å²) in [4.78, 5) is 2.40. The Hall–Kier alpha value is -0.0800. The SMILES string of the molecule is CCN[C@@H]1CCCN(C)C1. The first-order valence-electron chi connectivity index (χ1n) is 4.25. The Bertz CT molecular complexity index is 91.3. The van der Waals surface area contributed by atoms with Gasteiger partial charge in [0.25, 0.3) is 0 Å². The molecule has 0 aromatic rings. The van der Waals surface area contributed by atoms with Gasteiger partial charge in [0.05, 0.1) is 0 Å². The molecule has 1 fully saturated rings. The zero-order valence-corrected chi connectivity index (χ0v) is 7.06. The number of piperidine rings is 1. The van der Waals surface area contributed by atoms with Gasteiger partial charge < -0.3 is 10.2 Å². The fourth-order valence-electron chi connectivity index (χ4n) is 1.62. The van der Waals surface area contributed by atoms with Gasteiger partial charge in [0.1, 0.15) is 0 Å². The Kier molecular flexibility index (Phi) is 3.16. The second-order valence-corrected chi connectivity index (χ2v) is 3.16. The van der Waals surface area contributed by atoms with Crippen LogP contribution in [0.25, 0.3) is 0 Å². The summed E-state index contributed by atoms with van der Waals surface area (Å²) in [6.45, 7) is 5.79. The zero-order chi connectivity index (χ0) is 7.40. The monoisotopic (exact) mass is 142 g/mol. The van der Waals surface area contributed by atoms with Crippen molar-refractivity contribution in [2.75, 3.05) is 26.7 Å². The number of nitrogens with one attached hydrogen (secondary N) is 1. The summed E-state index contributed by atoms with van der Waals surface area (Å²) in [5, 5.41) is 3.47. The van der Waals surface area contributed by atoms with Crippen LogP contribution in [0, 0.1) is 0 Å². The van der Waals surface area contributed by atoms with E-state index in [-0.39, 0.29) is 0 Å². The molecule has 0 spiro atoms. The third kappa shape index (κ3) is 2.27. The summed E-state index contributed by atoms with van der Waals surface area (Å²) in [6.07, 6.45) is 2.71. The molecule has 0 aromatic heterocycles. The minimum Gasteiger partial charge on any atom is -0.313 e. The molecule has 2 heteroatoms. The van der Waals surface area contributed by atoms with E-state index in [0.29, 0.717) is 0 Å². The molecule has 10 heavy (non-hydrogen) atoms. The maximum Gasteiger partial charge on any atom is 0.0195 e. The van der Waals surface area contributed by atoms with E-state index in [9.17, 15) is 0 Å². The van der Waals surface area contributed by atoms with Crippen molar-refractivity contribution in [3.05, 3.63) is 0 Å². The van der Waals surface area contributed by atoms with Gasteiger partial charge in [0.15, 0.2) is 0 Å². The molecule has 0 saturated carbocycles. The fraction of sp³-hybridized carbons (Fsp3) is 1.00. The molecule has 0 amide bonds. The Morgan fingerprint density at radius 3 is 3.00 bits per heavy atom. The first-order valence-corrected chi connectivity index (χ1v) is 4.25. The van der Waals surface area contributed by atoms with Crippen molar-refractivity contribution >= 4 is 0 Å². The number of nitrogens with zero attached hydrogens (tertiary/aromatic N) is 1. The van der Waals surface area contributed by atoms with Gasteiger partial charge in [0.2, 0.25) is 0 Å². The van der Waals surface area contributed by atoms with Gasteiger partial charge in [-0.25, -0.2) is 0 Å². The molecule has 1 atom stereocenters. The number of likely N-dealkylation sites (tertiary alicyclic amines) is 1. The highest BCUT2D eigenvalue weighted by molar-refractivity contribution is 4.75. The molecular formula is C8H18N2. The number of rotatable bonds is 2. The summed E-state index contributed by atoms with van der Waals surface area (Å²) in [6, 6.07) is 0.753. The Morgan fingerprint density at radius 2 is 2.40 bits per heavy atom. The third-order valence-corrected chi connectivity index (χ3v) is 2.12. The molecule has 0 aromatic carbocycles. The summed E-state index contributed by atoms with van der Waals surface area (Å²) < 4.78 is 0. The Balaban J connectivity index is 2.18. The minimum absolute atomic E-state index is 0.753. The van der Waals surface area contributed by atoms with Crippen LogP contribution >= 0.6 is 0 Å². The molecule has 2 nitrogen and oxygen atoms in total. The van der Waals surface area contributed by atoms with Gasteiger partial charge >= 0.3 is 0 Å². The molecule has 60 valence electrons. The minimum atomic E-state index is 0.753. The first-order chi connectivity index (χ1) is 4.83. The molecule has 1 aliphatic heterocycles. The maximum atomic E-state index is 3.47. The number of likely N-dealkylation sites (N-methyl/N-ethyl adjacent to an activating group) is 2. The smallest absolute Gasteiger partial charge is 0.0195 e. The van der Waals surface area contributed by atoms with E-state index in [4.69, 9.17) is 0 Å². The first kappa shape index (κ1) is 8.02. The molecule has 0 aliphatic carbocycles. The predicted octanol–water partition coefficient (Wildman–Crippen LogP) is 0.690. The summed E-state index contributed by atoms with van der Waals surface area (Å²) >= 11 is 0. The Morgan fingerprint density at radius 1 is 1.60 bits per heavy atom. The third-order valence-electron chi connectivity index (χ3n) is 2.12. The van der Waals surface area contributed by atoms with Gasteiger partial charge in [0, 0.05) is 12.6 Å². The quantitative estimate of drug-likeness (QED) is 0.610. The van der Waals surface area contributed by atoms with Gasteiger partial charge in [-0.2, -0.15) is 0 Å². The van der Waals surface area contributed by atoms with Crippen LogP contribution in [0.2, 0.25) is 0 Å². The van der Waals surface area contributed by atoms with E-state index in [2.05, 4.69) is 24.2 Å². The molecule has 1 N–H and O–H groups in total. The zero-order valence-electron chi connectivity index (χ0n) is 7.06. The van der Waals surface area contributed by atoms with E-state index < -0.39 is 0 Å². The van der Waals surface area contributed by atoms with Crippen molar-refractivity contribution in [3.63, 3.8) is 0 Å². The van der Waals surface area contributed by atoms with Crippen molar-refractivity contribution in [1.82, 2.24) is 10.2 Å². The van der Waals surface area contributed by atoms with E-state index in [1.54, 1.807) is 0 Å². The van der Waals surface area contributed by atoms with E-state index >= 15 is 0 Å². The average Bonchev–Trinajstić information content (AvgIpc) is 1.88. The highest BCUT2D eigenvalue weighted by atomic mass is 15.1. The Labute approximate surface area is 63.6 Å². The second-order valence-electron chi connectivity index (χ2n) is 3.16. The van der Waals surface area contributed by atoms with Crippen LogP contribution in [0.5, 0.6) is 0 Å². The van der Waals surface area contributed by atoms with Crippen molar-refractivity contribution < 1.29 is 0 Å². The average molecular weight is 142 g/mol. The van der Waals surface area contributed by atoms with Crippen molar-refractivity contribution in [3.8, 4) is 0 Å².